The van der Waals surface area contributed by atoms with Crippen molar-refractivity contribution in [2.24, 2.45) is 0 Å². The first kappa shape index (κ1) is 21.3. The van der Waals surface area contributed by atoms with Gasteiger partial charge in [-0.15, -0.1) is 0 Å². The second-order valence-corrected chi connectivity index (χ2v) is 9.40. The number of amides is 1. The highest BCUT2D eigenvalue weighted by Gasteiger charge is 2.22. The first-order valence-electron chi connectivity index (χ1n) is 10.5. The molecule has 1 aromatic heterocycles. The first-order valence-corrected chi connectivity index (χ1v) is 11.9. The second-order valence-electron chi connectivity index (χ2n) is 7.46. The van der Waals surface area contributed by atoms with E-state index in [1.807, 2.05) is 30.5 Å². The van der Waals surface area contributed by atoms with Crippen molar-refractivity contribution in [1.29, 1.82) is 0 Å². The molecule has 4 rings (SSSR count). The molecule has 3 aromatic rings. The normalized spacial score (nSPS) is 13.4. The Hall–Kier alpha value is -2.97. The van der Waals surface area contributed by atoms with E-state index in [-0.39, 0.29) is 10.8 Å². The molecule has 1 N–H and O–H groups in total. The van der Waals surface area contributed by atoms with Crippen LogP contribution in [0, 0.1) is 0 Å². The van der Waals surface area contributed by atoms with E-state index >= 15 is 0 Å². The van der Waals surface area contributed by atoms with Gasteiger partial charge < -0.3 is 9.88 Å². The van der Waals surface area contributed by atoms with Crippen molar-refractivity contribution in [3.63, 3.8) is 0 Å². The second kappa shape index (κ2) is 8.64. The Morgan fingerprint density at radius 3 is 2.39 bits per heavy atom. The maximum atomic E-state index is 12.6. The van der Waals surface area contributed by atoms with Crippen LogP contribution >= 0.6 is 0 Å². The van der Waals surface area contributed by atoms with E-state index in [2.05, 4.69) is 14.9 Å². The number of anilines is 1. The molecule has 31 heavy (non-hydrogen) atoms. The predicted molar refractivity (Wildman–Crippen MR) is 120 cm³/mol. The van der Waals surface area contributed by atoms with E-state index in [1.54, 1.807) is 13.8 Å². The van der Waals surface area contributed by atoms with E-state index < -0.39 is 10.0 Å². The number of rotatable bonds is 7. The van der Waals surface area contributed by atoms with E-state index in [0.29, 0.717) is 24.3 Å². The fraction of sp³-hybridized carbons (Fsp3) is 0.304. The molecule has 1 amide bonds. The van der Waals surface area contributed by atoms with Gasteiger partial charge in [-0.2, -0.15) is 4.31 Å². The zero-order valence-electron chi connectivity index (χ0n) is 17.7. The number of hydrogen-bond acceptors (Lipinski definition) is 4. The predicted octanol–water partition coefficient (Wildman–Crippen LogP) is 3.78. The van der Waals surface area contributed by atoms with E-state index in [9.17, 15) is 13.2 Å². The average molecular weight is 439 g/mol. The Kier molecular flexibility index (Phi) is 5.93. The van der Waals surface area contributed by atoms with Crippen molar-refractivity contribution in [2.75, 3.05) is 18.4 Å². The van der Waals surface area contributed by atoms with Gasteiger partial charge in [-0.25, -0.2) is 13.4 Å². The Morgan fingerprint density at radius 1 is 1.06 bits per heavy atom. The number of nitrogens with one attached hydrogen (secondary N) is 1. The molecule has 1 aliphatic rings. The Balaban J connectivity index is 1.46. The molecule has 0 radical (unpaired) electrons. The van der Waals surface area contributed by atoms with Crippen molar-refractivity contribution in [3.8, 4) is 11.3 Å². The van der Waals surface area contributed by atoms with Gasteiger partial charge in [-0.1, -0.05) is 26.0 Å². The summed E-state index contributed by atoms with van der Waals surface area (Å²) in [6.07, 6.45) is 4.04. The highest BCUT2D eigenvalue weighted by atomic mass is 32.2. The summed E-state index contributed by atoms with van der Waals surface area (Å²) in [7, 11) is -3.54. The number of imidazole rings is 1. The van der Waals surface area contributed by atoms with E-state index in [4.69, 9.17) is 0 Å². The van der Waals surface area contributed by atoms with Crippen LogP contribution in [0.15, 0.2) is 59.6 Å². The molecule has 0 atom stereocenters. The SMILES string of the molecule is CCN(CC)S(=O)(=O)c1ccc(C(=O)Nc2ccc(-c3cnc4n3CCC4)cc2)cc1. The maximum absolute atomic E-state index is 12.6. The average Bonchev–Trinajstić information content (AvgIpc) is 3.39. The summed E-state index contributed by atoms with van der Waals surface area (Å²) in [6.45, 7) is 5.39. The molecular formula is C23H26N4O3S. The summed E-state index contributed by atoms with van der Waals surface area (Å²) in [4.78, 5) is 17.3. The summed E-state index contributed by atoms with van der Waals surface area (Å²) >= 11 is 0. The lowest BCUT2D eigenvalue weighted by Gasteiger charge is -2.18. The minimum absolute atomic E-state index is 0.186. The molecular weight excluding hydrogens is 412 g/mol. The van der Waals surface area contributed by atoms with Gasteiger partial charge in [-0.05, 0) is 48.4 Å². The molecule has 0 bridgehead atoms. The van der Waals surface area contributed by atoms with Crippen molar-refractivity contribution >= 4 is 21.6 Å². The highest BCUT2D eigenvalue weighted by Crippen LogP contribution is 2.26. The number of aryl methyl sites for hydroxylation is 1. The van der Waals surface area contributed by atoms with Gasteiger partial charge in [-0.3, -0.25) is 4.79 Å². The van der Waals surface area contributed by atoms with Crippen molar-refractivity contribution in [3.05, 3.63) is 66.1 Å². The molecule has 0 spiro atoms. The van der Waals surface area contributed by atoms with Gasteiger partial charge in [0.25, 0.3) is 5.91 Å². The molecule has 8 heteroatoms. The summed E-state index contributed by atoms with van der Waals surface area (Å²) in [5.41, 5.74) is 3.23. The molecule has 0 unspecified atom stereocenters. The number of nitrogens with zero attached hydrogens (tertiary/aromatic N) is 3. The van der Waals surface area contributed by atoms with Crippen LogP contribution in [0.2, 0.25) is 0 Å². The van der Waals surface area contributed by atoms with Crippen LogP contribution in [0.5, 0.6) is 0 Å². The number of benzene rings is 2. The molecule has 2 aromatic carbocycles. The van der Waals surface area contributed by atoms with Crippen LogP contribution in [0.3, 0.4) is 0 Å². The summed E-state index contributed by atoms with van der Waals surface area (Å²) < 4.78 is 28.8. The third-order valence-electron chi connectivity index (χ3n) is 5.62. The van der Waals surface area contributed by atoms with E-state index in [1.165, 1.54) is 28.6 Å². The Labute approximate surface area is 182 Å². The molecule has 0 saturated carbocycles. The minimum atomic E-state index is -3.54. The number of sulfonamides is 1. The van der Waals surface area contributed by atoms with Gasteiger partial charge in [0.05, 0.1) is 16.8 Å². The fourth-order valence-electron chi connectivity index (χ4n) is 3.91. The molecule has 7 nitrogen and oxygen atoms in total. The minimum Gasteiger partial charge on any atom is -0.328 e. The molecule has 0 aliphatic carbocycles. The maximum Gasteiger partial charge on any atom is 0.255 e. The van der Waals surface area contributed by atoms with Gasteiger partial charge in [0.1, 0.15) is 5.82 Å². The van der Waals surface area contributed by atoms with E-state index in [0.717, 1.165) is 36.5 Å². The Bertz CT molecular complexity index is 1180. The van der Waals surface area contributed by atoms with Crippen LogP contribution < -0.4 is 5.32 Å². The molecule has 2 heterocycles. The molecule has 0 fully saturated rings. The van der Waals surface area contributed by atoms with Gasteiger partial charge in [0.15, 0.2) is 0 Å². The number of carbonyl (C=O) groups excluding carboxylic acids is 1. The van der Waals surface area contributed by atoms with Crippen LogP contribution in [-0.4, -0.2) is 41.3 Å². The van der Waals surface area contributed by atoms with Crippen LogP contribution in [0.25, 0.3) is 11.3 Å². The summed E-state index contributed by atoms with van der Waals surface area (Å²) in [5, 5.41) is 2.87. The van der Waals surface area contributed by atoms with Crippen molar-refractivity contribution in [1.82, 2.24) is 13.9 Å². The standard InChI is InChI=1S/C23H26N4O3S/c1-3-26(4-2)31(29,30)20-13-9-18(10-14-20)23(28)25-19-11-7-17(8-12-19)21-16-24-22-6-5-15-27(21)22/h7-14,16H,3-6,15H2,1-2H3,(H,25,28). The smallest absolute Gasteiger partial charge is 0.255 e. The lowest BCUT2D eigenvalue weighted by atomic mass is 10.1. The van der Waals surface area contributed by atoms with Crippen LogP contribution in [0.1, 0.15) is 36.5 Å². The summed E-state index contributed by atoms with van der Waals surface area (Å²) in [5.74, 6) is 0.837. The highest BCUT2D eigenvalue weighted by molar-refractivity contribution is 7.89. The third kappa shape index (κ3) is 4.13. The molecule has 1 aliphatic heterocycles. The number of carbonyl (C=O) groups is 1. The molecule has 0 saturated heterocycles. The zero-order valence-corrected chi connectivity index (χ0v) is 18.5. The largest absolute Gasteiger partial charge is 0.328 e. The molecule has 162 valence electrons. The van der Waals surface area contributed by atoms with Gasteiger partial charge in [0.2, 0.25) is 10.0 Å². The van der Waals surface area contributed by atoms with Crippen LogP contribution in [-0.2, 0) is 23.0 Å². The number of hydrogen-bond donors (Lipinski definition) is 1. The quantitative estimate of drug-likeness (QED) is 0.608. The Morgan fingerprint density at radius 2 is 1.74 bits per heavy atom. The summed E-state index contributed by atoms with van der Waals surface area (Å²) in [6, 6.07) is 13.7. The third-order valence-corrected chi connectivity index (χ3v) is 7.68. The van der Waals surface area contributed by atoms with Gasteiger partial charge >= 0.3 is 0 Å². The zero-order chi connectivity index (χ0) is 22.0. The lowest BCUT2D eigenvalue weighted by molar-refractivity contribution is 0.102. The van der Waals surface area contributed by atoms with Crippen molar-refractivity contribution in [2.45, 2.75) is 38.1 Å². The van der Waals surface area contributed by atoms with Crippen molar-refractivity contribution < 1.29 is 13.2 Å². The first-order chi connectivity index (χ1) is 14.9. The number of fused-ring (bicyclic) bond motifs is 1. The van der Waals surface area contributed by atoms with Crippen LogP contribution in [0.4, 0.5) is 5.69 Å². The fourth-order valence-corrected chi connectivity index (χ4v) is 5.37. The monoisotopic (exact) mass is 438 g/mol. The topological polar surface area (TPSA) is 84.3 Å². The number of aromatic nitrogens is 2. The lowest BCUT2D eigenvalue weighted by Crippen LogP contribution is -2.30. The van der Waals surface area contributed by atoms with Gasteiger partial charge in [0, 0.05) is 37.3 Å².